The summed E-state index contributed by atoms with van der Waals surface area (Å²) in [4.78, 5) is 17.2. The molecule has 4 nitrogen and oxygen atoms in total. The third-order valence-corrected chi connectivity index (χ3v) is 4.10. The monoisotopic (exact) mass is 301 g/mol. The SMILES string of the molecule is N#Cc1ccccc1Cn1c(Cl)nc2sccc2c1=O. The Kier molecular flexibility index (Phi) is 3.26. The first-order valence-electron chi connectivity index (χ1n) is 5.82. The van der Waals surface area contributed by atoms with E-state index in [0.29, 0.717) is 15.8 Å². The molecule has 98 valence electrons. The zero-order valence-corrected chi connectivity index (χ0v) is 11.8. The number of hydrogen-bond donors (Lipinski definition) is 0. The summed E-state index contributed by atoms with van der Waals surface area (Å²) in [5.74, 6) is 0. The van der Waals surface area contributed by atoms with Crippen molar-refractivity contribution in [1.82, 2.24) is 9.55 Å². The Morgan fingerprint density at radius 3 is 2.95 bits per heavy atom. The minimum Gasteiger partial charge on any atom is -0.278 e. The van der Waals surface area contributed by atoms with Crippen LogP contribution in [0.15, 0.2) is 40.5 Å². The summed E-state index contributed by atoms with van der Waals surface area (Å²) in [6, 6.07) is 11.0. The van der Waals surface area contributed by atoms with Gasteiger partial charge in [0, 0.05) is 0 Å². The van der Waals surface area contributed by atoms with Gasteiger partial charge in [0.15, 0.2) is 0 Å². The first-order valence-corrected chi connectivity index (χ1v) is 7.08. The quantitative estimate of drug-likeness (QED) is 0.684. The zero-order valence-electron chi connectivity index (χ0n) is 10.2. The Balaban J connectivity index is 2.16. The van der Waals surface area contributed by atoms with Crippen LogP contribution in [0.4, 0.5) is 0 Å². The van der Waals surface area contributed by atoms with E-state index in [1.165, 1.54) is 15.9 Å². The molecule has 0 radical (unpaired) electrons. The summed E-state index contributed by atoms with van der Waals surface area (Å²) < 4.78 is 1.38. The fourth-order valence-electron chi connectivity index (χ4n) is 2.00. The Morgan fingerprint density at radius 2 is 2.15 bits per heavy atom. The van der Waals surface area contributed by atoms with Crippen LogP contribution in [0, 0.1) is 11.3 Å². The molecule has 0 bridgehead atoms. The highest BCUT2D eigenvalue weighted by Gasteiger charge is 2.12. The topological polar surface area (TPSA) is 58.7 Å². The first-order chi connectivity index (χ1) is 9.70. The number of hydrogen-bond acceptors (Lipinski definition) is 4. The molecule has 6 heteroatoms. The molecule has 0 saturated heterocycles. The normalized spacial score (nSPS) is 10.6. The fourth-order valence-corrected chi connectivity index (χ4v) is 3.02. The van der Waals surface area contributed by atoms with Crippen molar-refractivity contribution in [2.75, 3.05) is 0 Å². The van der Waals surface area contributed by atoms with E-state index in [0.717, 1.165) is 5.56 Å². The van der Waals surface area contributed by atoms with Gasteiger partial charge >= 0.3 is 0 Å². The highest BCUT2D eigenvalue weighted by Crippen LogP contribution is 2.18. The second kappa shape index (κ2) is 5.08. The third kappa shape index (κ3) is 2.09. The number of fused-ring (bicyclic) bond motifs is 1. The van der Waals surface area contributed by atoms with Crippen molar-refractivity contribution in [1.29, 1.82) is 5.26 Å². The molecule has 3 aromatic rings. The Morgan fingerprint density at radius 1 is 1.35 bits per heavy atom. The molecule has 20 heavy (non-hydrogen) atoms. The van der Waals surface area contributed by atoms with Gasteiger partial charge in [0.25, 0.3) is 5.56 Å². The predicted octanol–water partition coefficient (Wildman–Crippen LogP) is 3.03. The molecule has 0 atom stereocenters. The summed E-state index contributed by atoms with van der Waals surface area (Å²) in [5, 5.41) is 11.6. The molecule has 0 spiro atoms. The lowest BCUT2D eigenvalue weighted by Crippen LogP contribution is -2.22. The lowest BCUT2D eigenvalue weighted by Gasteiger charge is -2.09. The fraction of sp³-hybridized carbons (Fsp3) is 0.0714. The number of nitriles is 1. The van der Waals surface area contributed by atoms with Crippen LogP contribution in [0.2, 0.25) is 5.28 Å². The van der Waals surface area contributed by atoms with Crippen molar-refractivity contribution in [2.45, 2.75) is 6.54 Å². The van der Waals surface area contributed by atoms with Crippen molar-refractivity contribution in [3.63, 3.8) is 0 Å². The summed E-state index contributed by atoms with van der Waals surface area (Å²) >= 11 is 7.46. The average molecular weight is 302 g/mol. The lowest BCUT2D eigenvalue weighted by atomic mass is 10.1. The molecule has 0 aliphatic rings. The molecule has 0 N–H and O–H groups in total. The molecule has 1 aromatic carbocycles. The van der Waals surface area contributed by atoms with Crippen LogP contribution in [0.3, 0.4) is 0 Å². The molecule has 0 amide bonds. The van der Waals surface area contributed by atoms with Crippen LogP contribution in [0.5, 0.6) is 0 Å². The number of thiophene rings is 1. The molecule has 2 heterocycles. The second-order valence-electron chi connectivity index (χ2n) is 4.18. The van der Waals surface area contributed by atoms with Gasteiger partial charge in [0.05, 0.1) is 23.6 Å². The number of aromatic nitrogens is 2. The maximum atomic E-state index is 12.4. The summed E-state index contributed by atoms with van der Waals surface area (Å²) in [6.07, 6.45) is 0. The van der Waals surface area contributed by atoms with Gasteiger partial charge in [-0.1, -0.05) is 18.2 Å². The molecule has 0 aliphatic heterocycles. The minimum atomic E-state index is -0.186. The van der Waals surface area contributed by atoms with E-state index in [1.807, 2.05) is 11.4 Å². The zero-order chi connectivity index (χ0) is 14.1. The van der Waals surface area contributed by atoms with Gasteiger partial charge in [-0.15, -0.1) is 11.3 Å². The van der Waals surface area contributed by atoms with Crippen molar-refractivity contribution in [3.8, 4) is 6.07 Å². The van der Waals surface area contributed by atoms with E-state index >= 15 is 0 Å². The maximum absolute atomic E-state index is 12.4. The second-order valence-corrected chi connectivity index (χ2v) is 5.41. The van der Waals surface area contributed by atoms with E-state index in [1.54, 1.807) is 24.3 Å². The van der Waals surface area contributed by atoms with E-state index < -0.39 is 0 Å². The van der Waals surface area contributed by atoms with Crippen LogP contribution < -0.4 is 5.56 Å². The summed E-state index contributed by atoms with van der Waals surface area (Å²) in [5.41, 5.74) is 1.09. The van der Waals surface area contributed by atoms with Gasteiger partial charge < -0.3 is 0 Å². The maximum Gasteiger partial charge on any atom is 0.263 e. The molecule has 0 fully saturated rings. The summed E-state index contributed by atoms with van der Waals surface area (Å²) in [6.45, 7) is 0.236. The van der Waals surface area contributed by atoms with Gasteiger partial charge in [-0.3, -0.25) is 9.36 Å². The van der Waals surface area contributed by atoms with E-state index in [2.05, 4.69) is 11.1 Å². The Labute approximate surface area is 123 Å². The van der Waals surface area contributed by atoms with Crippen molar-refractivity contribution in [3.05, 3.63) is 62.5 Å². The van der Waals surface area contributed by atoms with Gasteiger partial charge in [-0.25, -0.2) is 4.98 Å². The molecular weight excluding hydrogens is 294 g/mol. The van der Waals surface area contributed by atoms with Gasteiger partial charge in [0.1, 0.15) is 4.83 Å². The average Bonchev–Trinajstić information content (AvgIpc) is 2.92. The number of nitrogens with zero attached hydrogens (tertiary/aromatic N) is 3. The Hall–Kier alpha value is -2.16. The molecule has 0 saturated carbocycles. The van der Waals surface area contributed by atoms with Crippen molar-refractivity contribution in [2.24, 2.45) is 0 Å². The highest BCUT2D eigenvalue weighted by molar-refractivity contribution is 7.16. The largest absolute Gasteiger partial charge is 0.278 e. The van der Waals surface area contributed by atoms with Crippen LogP contribution in [-0.2, 0) is 6.54 Å². The number of rotatable bonds is 2. The van der Waals surface area contributed by atoms with Crippen LogP contribution >= 0.6 is 22.9 Å². The van der Waals surface area contributed by atoms with Crippen LogP contribution in [0.1, 0.15) is 11.1 Å². The predicted molar refractivity (Wildman–Crippen MR) is 79.1 cm³/mol. The standard InChI is InChI=1S/C14H8ClN3OS/c15-14-17-12-11(5-6-20-12)13(19)18(14)8-10-4-2-1-3-9(10)7-16/h1-6H,8H2. The van der Waals surface area contributed by atoms with Crippen molar-refractivity contribution < 1.29 is 0 Å². The smallest absolute Gasteiger partial charge is 0.263 e. The van der Waals surface area contributed by atoms with Crippen LogP contribution in [-0.4, -0.2) is 9.55 Å². The van der Waals surface area contributed by atoms with Gasteiger partial charge in [-0.2, -0.15) is 5.26 Å². The molecule has 0 aliphatic carbocycles. The minimum absolute atomic E-state index is 0.137. The van der Waals surface area contributed by atoms with E-state index in [4.69, 9.17) is 16.9 Å². The van der Waals surface area contributed by atoms with E-state index in [-0.39, 0.29) is 17.4 Å². The van der Waals surface area contributed by atoms with Crippen LogP contribution in [0.25, 0.3) is 10.2 Å². The van der Waals surface area contributed by atoms with Gasteiger partial charge in [0.2, 0.25) is 5.28 Å². The van der Waals surface area contributed by atoms with Gasteiger partial charge in [-0.05, 0) is 34.7 Å². The first kappa shape index (κ1) is 12.9. The molecule has 0 unspecified atom stereocenters. The highest BCUT2D eigenvalue weighted by atomic mass is 35.5. The lowest BCUT2D eigenvalue weighted by molar-refractivity contribution is 0.749. The summed E-state index contributed by atoms with van der Waals surface area (Å²) in [7, 11) is 0. The number of halogens is 1. The number of benzene rings is 1. The Bertz CT molecular complexity index is 891. The third-order valence-electron chi connectivity index (χ3n) is 3.00. The molecule has 2 aromatic heterocycles. The molecule has 3 rings (SSSR count). The molecular formula is C14H8ClN3OS. The van der Waals surface area contributed by atoms with Crippen molar-refractivity contribution >= 4 is 33.2 Å². The van der Waals surface area contributed by atoms with E-state index in [9.17, 15) is 4.79 Å².